The average Bonchev–Trinajstić information content (AvgIpc) is 2.87. The SMILES string of the molecule is CC(C)C(=O)c1ncc(C(=O)N(C)c2cccnc2)n1C. The summed E-state index contributed by atoms with van der Waals surface area (Å²) in [6.07, 6.45) is 4.69. The van der Waals surface area contributed by atoms with Crippen LogP contribution in [0, 0.1) is 5.92 Å². The highest BCUT2D eigenvalue weighted by Gasteiger charge is 2.23. The van der Waals surface area contributed by atoms with Crippen LogP contribution in [0.15, 0.2) is 30.7 Å². The molecular formula is C15H18N4O2. The molecule has 0 spiro atoms. The number of anilines is 1. The lowest BCUT2D eigenvalue weighted by atomic mass is 10.1. The van der Waals surface area contributed by atoms with E-state index in [2.05, 4.69) is 9.97 Å². The van der Waals surface area contributed by atoms with Gasteiger partial charge in [0.1, 0.15) is 5.69 Å². The summed E-state index contributed by atoms with van der Waals surface area (Å²) in [6.45, 7) is 3.61. The largest absolute Gasteiger partial charge is 0.321 e. The maximum absolute atomic E-state index is 12.5. The molecule has 0 radical (unpaired) electrons. The van der Waals surface area contributed by atoms with E-state index >= 15 is 0 Å². The van der Waals surface area contributed by atoms with Crippen molar-refractivity contribution in [3.05, 3.63) is 42.2 Å². The molecule has 0 unspecified atom stereocenters. The van der Waals surface area contributed by atoms with Gasteiger partial charge in [-0.3, -0.25) is 14.6 Å². The number of imidazole rings is 1. The third-order valence-electron chi connectivity index (χ3n) is 3.29. The second-order valence-corrected chi connectivity index (χ2v) is 5.12. The quantitative estimate of drug-likeness (QED) is 0.805. The van der Waals surface area contributed by atoms with Crippen molar-refractivity contribution in [2.24, 2.45) is 13.0 Å². The van der Waals surface area contributed by atoms with Crippen molar-refractivity contribution >= 4 is 17.4 Å². The lowest BCUT2D eigenvalue weighted by Crippen LogP contribution is -2.28. The summed E-state index contributed by atoms with van der Waals surface area (Å²) in [6, 6.07) is 3.55. The van der Waals surface area contributed by atoms with Crippen molar-refractivity contribution in [2.75, 3.05) is 11.9 Å². The molecule has 0 saturated heterocycles. The molecule has 0 aliphatic carbocycles. The molecular weight excluding hydrogens is 268 g/mol. The fourth-order valence-corrected chi connectivity index (χ4v) is 1.94. The van der Waals surface area contributed by atoms with Crippen LogP contribution in [0.5, 0.6) is 0 Å². The molecule has 0 aliphatic heterocycles. The van der Waals surface area contributed by atoms with E-state index in [1.165, 1.54) is 15.7 Å². The van der Waals surface area contributed by atoms with Crippen molar-refractivity contribution in [3.8, 4) is 0 Å². The maximum Gasteiger partial charge on any atom is 0.276 e. The normalized spacial score (nSPS) is 10.7. The van der Waals surface area contributed by atoms with Crippen LogP contribution in [-0.4, -0.2) is 33.3 Å². The lowest BCUT2D eigenvalue weighted by Gasteiger charge is -2.17. The number of carbonyl (C=O) groups is 2. The third kappa shape index (κ3) is 2.84. The standard InChI is InChI=1S/C15H18N4O2/c1-10(2)13(20)14-17-9-12(19(14)4)15(21)18(3)11-6-5-7-16-8-11/h5-10H,1-4H3. The number of nitrogens with zero attached hydrogens (tertiary/aromatic N) is 4. The molecule has 0 aliphatic rings. The number of aromatic nitrogens is 3. The van der Waals surface area contributed by atoms with Crippen LogP contribution in [0.3, 0.4) is 0 Å². The van der Waals surface area contributed by atoms with E-state index < -0.39 is 0 Å². The van der Waals surface area contributed by atoms with Crippen LogP contribution in [0.1, 0.15) is 35.0 Å². The van der Waals surface area contributed by atoms with Crippen molar-refractivity contribution < 1.29 is 9.59 Å². The van der Waals surface area contributed by atoms with Gasteiger partial charge in [-0.2, -0.15) is 0 Å². The Morgan fingerprint density at radius 2 is 2.00 bits per heavy atom. The van der Waals surface area contributed by atoms with E-state index in [0.29, 0.717) is 17.2 Å². The monoisotopic (exact) mass is 286 g/mol. The van der Waals surface area contributed by atoms with Gasteiger partial charge in [0.25, 0.3) is 5.91 Å². The Labute approximate surface area is 123 Å². The minimum absolute atomic E-state index is 0.0828. The Kier molecular flexibility index (Phi) is 4.16. The fraction of sp³-hybridized carbons (Fsp3) is 0.333. The van der Waals surface area contributed by atoms with Crippen LogP contribution in [0.2, 0.25) is 0 Å². The van der Waals surface area contributed by atoms with E-state index in [9.17, 15) is 9.59 Å². The van der Waals surface area contributed by atoms with Crippen LogP contribution < -0.4 is 4.90 Å². The van der Waals surface area contributed by atoms with Gasteiger partial charge in [-0.15, -0.1) is 0 Å². The van der Waals surface area contributed by atoms with E-state index in [1.807, 2.05) is 0 Å². The predicted octanol–water partition coefficient (Wildman–Crippen LogP) is 1.93. The molecule has 2 aromatic rings. The molecule has 0 aromatic carbocycles. The summed E-state index contributed by atoms with van der Waals surface area (Å²) < 4.78 is 1.54. The van der Waals surface area contributed by atoms with Crippen LogP contribution >= 0.6 is 0 Å². The number of rotatable bonds is 4. The van der Waals surface area contributed by atoms with E-state index in [4.69, 9.17) is 0 Å². The second-order valence-electron chi connectivity index (χ2n) is 5.12. The summed E-state index contributed by atoms with van der Waals surface area (Å²) in [5, 5.41) is 0. The summed E-state index contributed by atoms with van der Waals surface area (Å²) in [4.78, 5) is 34.1. The number of amides is 1. The van der Waals surface area contributed by atoms with Gasteiger partial charge in [-0.25, -0.2) is 4.98 Å². The number of Topliss-reactive ketones (excluding diaryl/α,β-unsaturated/α-hetero) is 1. The summed E-state index contributed by atoms with van der Waals surface area (Å²) in [5.74, 6) is -0.181. The smallest absolute Gasteiger partial charge is 0.276 e. The molecule has 21 heavy (non-hydrogen) atoms. The Bertz CT molecular complexity index is 662. The first kappa shape index (κ1) is 14.9. The number of hydrogen-bond donors (Lipinski definition) is 0. The molecule has 2 heterocycles. The van der Waals surface area contributed by atoms with Crippen molar-refractivity contribution in [1.82, 2.24) is 14.5 Å². The molecule has 6 nitrogen and oxygen atoms in total. The highest BCUT2D eigenvalue weighted by Crippen LogP contribution is 2.15. The van der Waals surface area contributed by atoms with Gasteiger partial charge in [-0.05, 0) is 12.1 Å². The van der Waals surface area contributed by atoms with E-state index in [1.54, 1.807) is 52.5 Å². The van der Waals surface area contributed by atoms with Gasteiger partial charge in [0, 0.05) is 26.2 Å². The number of pyridine rings is 1. The number of carbonyl (C=O) groups excluding carboxylic acids is 2. The highest BCUT2D eigenvalue weighted by atomic mass is 16.2. The molecule has 0 atom stereocenters. The van der Waals surface area contributed by atoms with Crippen LogP contribution in [-0.2, 0) is 7.05 Å². The van der Waals surface area contributed by atoms with Gasteiger partial charge in [0.2, 0.25) is 5.78 Å². The van der Waals surface area contributed by atoms with Gasteiger partial charge in [0.15, 0.2) is 5.82 Å². The summed E-state index contributed by atoms with van der Waals surface area (Å²) in [5.41, 5.74) is 1.05. The van der Waals surface area contributed by atoms with E-state index in [0.717, 1.165) is 0 Å². The maximum atomic E-state index is 12.5. The second kappa shape index (κ2) is 5.87. The fourth-order valence-electron chi connectivity index (χ4n) is 1.94. The lowest BCUT2D eigenvalue weighted by molar-refractivity contribution is 0.0925. The molecule has 110 valence electrons. The molecule has 6 heteroatoms. The van der Waals surface area contributed by atoms with Crippen LogP contribution in [0.4, 0.5) is 5.69 Å². The minimum Gasteiger partial charge on any atom is -0.321 e. The first-order valence-corrected chi connectivity index (χ1v) is 6.67. The highest BCUT2D eigenvalue weighted by molar-refractivity contribution is 6.05. The molecule has 0 saturated carbocycles. The molecule has 0 fully saturated rings. The van der Waals surface area contributed by atoms with Gasteiger partial charge in [0.05, 0.1) is 18.1 Å². The molecule has 0 bridgehead atoms. The topological polar surface area (TPSA) is 68.1 Å². The minimum atomic E-state index is -0.235. The Balaban J connectivity index is 2.31. The Morgan fingerprint density at radius 3 is 2.57 bits per heavy atom. The zero-order valence-corrected chi connectivity index (χ0v) is 12.6. The first-order valence-electron chi connectivity index (χ1n) is 6.67. The number of hydrogen-bond acceptors (Lipinski definition) is 4. The van der Waals surface area contributed by atoms with Crippen molar-refractivity contribution in [1.29, 1.82) is 0 Å². The van der Waals surface area contributed by atoms with E-state index in [-0.39, 0.29) is 17.6 Å². The molecule has 1 amide bonds. The van der Waals surface area contributed by atoms with Gasteiger partial charge >= 0.3 is 0 Å². The molecule has 2 rings (SSSR count). The summed E-state index contributed by atoms with van der Waals surface area (Å²) in [7, 11) is 3.34. The first-order chi connectivity index (χ1) is 9.93. The Hall–Kier alpha value is -2.50. The summed E-state index contributed by atoms with van der Waals surface area (Å²) >= 11 is 0. The average molecular weight is 286 g/mol. The third-order valence-corrected chi connectivity index (χ3v) is 3.29. The van der Waals surface area contributed by atoms with Crippen molar-refractivity contribution in [3.63, 3.8) is 0 Å². The number of ketones is 1. The molecule has 2 aromatic heterocycles. The molecule has 0 N–H and O–H groups in total. The predicted molar refractivity (Wildman–Crippen MR) is 79.3 cm³/mol. The zero-order chi connectivity index (χ0) is 15.6. The van der Waals surface area contributed by atoms with Gasteiger partial charge < -0.3 is 9.47 Å². The van der Waals surface area contributed by atoms with Crippen LogP contribution in [0.25, 0.3) is 0 Å². The van der Waals surface area contributed by atoms with Crippen molar-refractivity contribution in [2.45, 2.75) is 13.8 Å². The zero-order valence-electron chi connectivity index (χ0n) is 12.6. The van der Waals surface area contributed by atoms with Gasteiger partial charge in [-0.1, -0.05) is 13.8 Å². The Morgan fingerprint density at radius 1 is 1.29 bits per heavy atom.